The number of carbonyl (C=O) groups is 1. The van der Waals surface area contributed by atoms with Crippen molar-refractivity contribution in [2.24, 2.45) is 0 Å². The molecule has 210 valence electrons. The van der Waals surface area contributed by atoms with Crippen LogP contribution in [0.15, 0.2) is 71.5 Å². The van der Waals surface area contributed by atoms with Crippen molar-refractivity contribution in [3.8, 4) is 5.75 Å². The van der Waals surface area contributed by atoms with Gasteiger partial charge in [0.15, 0.2) is 5.82 Å². The Morgan fingerprint density at radius 1 is 0.951 bits per heavy atom. The van der Waals surface area contributed by atoms with Gasteiger partial charge in [-0.2, -0.15) is 4.98 Å². The molecule has 2 aromatic carbocycles. The van der Waals surface area contributed by atoms with E-state index in [0.29, 0.717) is 29.9 Å². The third-order valence-electron chi connectivity index (χ3n) is 7.44. The number of methoxy groups -OCH3 is 1. The fourth-order valence-corrected chi connectivity index (χ4v) is 5.81. The zero-order valence-electron chi connectivity index (χ0n) is 23.2. The molecule has 0 aliphatic carbocycles. The molecule has 4 heterocycles. The second kappa shape index (κ2) is 11.3. The third kappa shape index (κ3) is 5.42. The molecule has 0 atom stereocenters. The summed E-state index contributed by atoms with van der Waals surface area (Å²) in [6, 6.07) is 17.4. The van der Waals surface area contributed by atoms with Crippen LogP contribution in [0.3, 0.4) is 0 Å². The highest BCUT2D eigenvalue weighted by Crippen LogP contribution is 2.39. The number of aryl methyl sites for hydroxylation is 1. The minimum atomic E-state index is -0.258. The standard InChI is InChI=1S/C30H31BrN8O2/c1-20-5-4-6-25(31)27(20)38-19-21-17-33-29(34-22-7-9-23(10-8-22)37-15-13-36(2)14-16-37)35-28(21)39(30(38)40)26-12-11-24(41-3)18-32-26/h4-12,17-18H,13-16,19H2,1-3H3,(H,33,34,35). The number of piperazine rings is 1. The van der Waals surface area contributed by atoms with Crippen LogP contribution in [0.2, 0.25) is 0 Å². The van der Waals surface area contributed by atoms with Gasteiger partial charge in [-0.3, -0.25) is 4.90 Å². The van der Waals surface area contributed by atoms with Crippen LogP contribution in [0.4, 0.5) is 39.4 Å². The second-order valence-electron chi connectivity index (χ2n) is 10.2. The van der Waals surface area contributed by atoms with Crippen LogP contribution in [0, 0.1) is 6.92 Å². The topological polar surface area (TPSA) is 90.0 Å². The van der Waals surface area contributed by atoms with Gasteiger partial charge in [0, 0.05) is 53.8 Å². The quantitative estimate of drug-likeness (QED) is 0.295. The number of carbonyl (C=O) groups excluding carboxylic acids is 1. The molecule has 0 unspecified atom stereocenters. The minimum absolute atomic E-state index is 0.258. The first-order valence-corrected chi connectivity index (χ1v) is 14.2. The molecule has 1 N–H and O–H groups in total. The summed E-state index contributed by atoms with van der Waals surface area (Å²) >= 11 is 3.64. The molecule has 2 amide bonds. The molecule has 0 spiro atoms. The van der Waals surface area contributed by atoms with Crippen LogP contribution in [-0.4, -0.2) is 66.2 Å². The van der Waals surface area contributed by atoms with Gasteiger partial charge < -0.3 is 19.9 Å². The molecular formula is C30H31BrN8O2. The van der Waals surface area contributed by atoms with Gasteiger partial charge in [0.1, 0.15) is 11.6 Å². The number of anilines is 6. The Labute approximate surface area is 247 Å². The van der Waals surface area contributed by atoms with Crippen molar-refractivity contribution in [2.75, 3.05) is 60.4 Å². The number of likely N-dealkylation sites (N-methyl/N-ethyl adjacent to an activating group) is 1. The average molecular weight is 616 g/mol. The Morgan fingerprint density at radius 3 is 2.41 bits per heavy atom. The number of fused-ring (bicyclic) bond motifs is 1. The van der Waals surface area contributed by atoms with E-state index in [2.05, 4.69) is 60.2 Å². The summed E-state index contributed by atoms with van der Waals surface area (Å²) in [7, 11) is 3.74. The smallest absolute Gasteiger partial charge is 0.336 e. The second-order valence-corrected chi connectivity index (χ2v) is 11.0. The van der Waals surface area contributed by atoms with Crippen molar-refractivity contribution in [1.29, 1.82) is 0 Å². The molecule has 41 heavy (non-hydrogen) atoms. The van der Waals surface area contributed by atoms with Crippen molar-refractivity contribution < 1.29 is 9.53 Å². The van der Waals surface area contributed by atoms with Gasteiger partial charge >= 0.3 is 6.03 Å². The molecular weight excluding hydrogens is 584 g/mol. The largest absolute Gasteiger partial charge is 0.495 e. The van der Waals surface area contributed by atoms with E-state index in [1.807, 2.05) is 37.3 Å². The van der Waals surface area contributed by atoms with Crippen LogP contribution >= 0.6 is 15.9 Å². The first kappa shape index (κ1) is 27.0. The van der Waals surface area contributed by atoms with Crippen LogP contribution < -0.4 is 24.8 Å². The molecule has 2 aromatic heterocycles. The first-order chi connectivity index (χ1) is 19.9. The minimum Gasteiger partial charge on any atom is -0.495 e. The summed E-state index contributed by atoms with van der Waals surface area (Å²) in [5.74, 6) is 1.92. The highest BCUT2D eigenvalue weighted by atomic mass is 79.9. The summed E-state index contributed by atoms with van der Waals surface area (Å²) in [5, 5.41) is 3.31. The normalized spacial score (nSPS) is 15.6. The monoisotopic (exact) mass is 614 g/mol. The molecule has 1 saturated heterocycles. The van der Waals surface area contributed by atoms with Crippen LogP contribution in [0.1, 0.15) is 11.1 Å². The Balaban J connectivity index is 1.32. The number of amides is 2. The highest BCUT2D eigenvalue weighted by Gasteiger charge is 2.36. The predicted molar refractivity (Wildman–Crippen MR) is 165 cm³/mol. The number of nitrogens with zero attached hydrogens (tertiary/aromatic N) is 7. The number of ether oxygens (including phenoxy) is 1. The highest BCUT2D eigenvalue weighted by molar-refractivity contribution is 9.10. The summed E-state index contributed by atoms with van der Waals surface area (Å²) in [5.41, 5.74) is 4.63. The molecule has 10 nitrogen and oxygen atoms in total. The lowest BCUT2D eigenvalue weighted by Crippen LogP contribution is -2.46. The molecule has 1 fully saturated rings. The van der Waals surface area contributed by atoms with Crippen molar-refractivity contribution in [1.82, 2.24) is 19.9 Å². The van der Waals surface area contributed by atoms with Crippen LogP contribution in [0.25, 0.3) is 0 Å². The zero-order chi connectivity index (χ0) is 28.5. The van der Waals surface area contributed by atoms with E-state index in [9.17, 15) is 4.79 Å². The van der Waals surface area contributed by atoms with Crippen LogP contribution in [-0.2, 0) is 6.54 Å². The van der Waals surface area contributed by atoms with E-state index >= 15 is 0 Å². The Hall–Kier alpha value is -4.22. The maximum Gasteiger partial charge on any atom is 0.336 e. The van der Waals surface area contributed by atoms with Gasteiger partial charge in [-0.15, -0.1) is 0 Å². The number of aromatic nitrogens is 3. The fourth-order valence-electron chi connectivity index (χ4n) is 5.13. The maximum absolute atomic E-state index is 14.1. The molecule has 0 radical (unpaired) electrons. The van der Waals surface area contributed by atoms with Crippen molar-refractivity contribution in [2.45, 2.75) is 13.5 Å². The molecule has 0 bridgehead atoms. The summed E-state index contributed by atoms with van der Waals surface area (Å²) in [6.07, 6.45) is 3.36. The van der Waals surface area contributed by atoms with E-state index in [4.69, 9.17) is 9.72 Å². The van der Waals surface area contributed by atoms with E-state index < -0.39 is 0 Å². The molecule has 2 aliphatic rings. The lowest BCUT2D eigenvalue weighted by Gasteiger charge is -2.36. The summed E-state index contributed by atoms with van der Waals surface area (Å²) in [4.78, 5) is 36.0. The number of pyridine rings is 1. The Bertz CT molecular complexity index is 1540. The van der Waals surface area contributed by atoms with E-state index in [1.165, 1.54) is 10.6 Å². The van der Waals surface area contributed by atoms with Crippen molar-refractivity contribution in [3.63, 3.8) is 0 Å². The number of benzene rings is 2. The average Bonchev–Trinajstić information content (AvgIpc) is 2.98. The van der Waals surface area contributed by atoms with Crippen molar-refractivity contribution in [3.05, 3.63) is 82.6 Å². The zero-order valence-corrected chi connectivity index (χ0v) is 24.8. The summed E-state index contributed by atoms with van der Waals surface area (Å²) < 4.78 is 6.12. The number of para-hydroxylation sites is 1. The molecule has 4 aromatic rings. The SMILES string of the molecule is COc1ccc(N2C(=O)N(c3c(C)cccc3Br)Cc3cnc(Nc4ccc(N5CCN(C)CC5)cc4)nc32)nc1. The van der Waals surface area contributed by atoms with Gasteiger partial charge in [0.05, 0.1) is 25.5 Å². The Kier molecular flexibility index (Phi) is 7.46. The van der Waals surface area contributed by atoms with Gasteiger partial charge in [-0.05, 0) is 77.9 Å². The Morgan fingerprint density at radius 2 is 1.73 bits per heavy atom. The van der Waals surface area contributed by atoms with E-state index in [1.54, 1.807) is 36.5 Å². The number of hydrogen-bond acceptors (Lipinski definition) is 8. The third-order valence-corrected chi connectivity index (χ3v) is 8.08. The number of nitrogens with one attached hydrogen (secondary N) is 1. The molecule has 2 aliphatic heterocycles. The van der Waals surface area contributed by atoms with E-state index in [0.717, 1.165) is 53.2 Å². The number of urea groups is 1. The lowest BCUT2D eigenvalue weighted by molar-refractivity contribution is 0.252. The predicted octanol–water partition coefficient (Wildman–Crippen LogP) is 5.72. The van der Waals surface area contributed by atoms with Crippen LogP contribution in [0.5, 0.6) is 5.75 Å². The lowest BCUT2D eigenvalue weighted by atomic mass is 10.1. The molecule has 11 heteroatoms. The van der Waals surface area contributed by atoms with Gasteiger partial charge in [-0.25, -0.2) is 19.7 Å². The van der Waals surface area contributed by atoms with Crippen molar-refractivity contribution >= 4 is 56.6 Å². The maximum atomic E-state index is 14.1. The number of halogens is 1. The number of rotatable bonds is 6. The van der Waals surface area contributed by atoms with E-state index in [-0.39, 0.29) is 6.03 Å². The molecule has 0 saturated carbocycles. The molecule has 6 rings (SSSR count). The van der Waals surface area contributed by atoms with Gasteiger partial charge in [0.2, 0.25) is 5.95 Å². The fraction of sp³-hybridized carbons (Fsp3) is 0.267. The first-order valence-electron chi connectivity index (χ1n) is 13.4. The summed E-state index contributed by atoms with van der Waals surface area (Å²) in [6.45, 7) is 6.44. The number of hydrogen-bond donors (Lipinski definition) is 1. The van der Waals surface area contributed by atoms with Gasteiger partial charge in [-0.1, -0.05) is 12.1 Å². The van der Waals surface area contributed by atoms with Gasteiger partial charge in [0.25, 0.3) is 0 Å².